The molecule has 0 aromatic carbocycles. The lowest BCUT2D eigenvalue weighted by Crippen LogP contribution is -2.45. The molecule has 0 aliphatic carbocycles. The van der Waals surface area contributed by atoms with Crippen molar-refractivity contribution >= 4 is 5.97 Å². The Balaban J connectivity index is 2.66. The highest BCUT2D eigenvalue weighted by Gasteiger charge is 2.36. The van der Waals surface area contributed by atoms with Crippen LogP contribution in [0.1, 0.15) is 34.1 Å². The molecule has 0 spiro atoms. The van der Waals surface area contributed by atoms with Gasteiger partial charge in [0.1, 0.15) is 11.2 Å². The summed E-state index contributed by atoms with van der Waals surface area (Å²) in [6.07, 6.45) is 2.40. The molecule has 0 aromatic rings. The summed E-state index contributed by atoms with van der Waals surface area (Å²) in [7, 11) is 0. The van der Waals surface area contributed by atoms with Gasteiger partial charge in [-0.2, -0.15) is 0 Å². The number of ether oxygens (including phenoxy) is 2. The number of carbonyl (C=O) groups excluding carboxylic acids is 1. The minimum atomic E-state index is -0.666. The van der Waals surface area contributed by atoms with Crippen molar-refractivity contribution in [3.63, 3.8) is 0 Å². The summed E-state index contributed by atoms with van der Waals surface area (Å²) in [5.41, 5.74) is -0.691. The van der Waals surface area contributed by atoms with Gasteiger partial charge in [-0.1, -0.05) is 0 Å². The molecule has 92 valence electrons. The molecule has 4 heteroatoms. The summed E-state index contributed by atoms with van der Waals surface area (Å²) in [5, 5.41) is 9.18. The van der Waals surface area contributed by atoms with E-state index in [-0.39, 0.29) is 12.6 Å². The second kappa shape index (κ2) is 4.55. The predicted molar refractivity (Wildman–Crippen MR) is 60.0 cm³/mol. The number of esters is 1. The van der Waals surface area contributed by atoms with E-state index in [9.17, 15) is 9.90 Å². The highest BCUT2D eigenvalue weighted by molar-refractivity contribution is 5.88. The van der Waals surface area contributed by atoms with Crippen LogP contribution in [0.2, 0.25) is 0 Å². The monoisotopic (exact) mass is 228 g/mol. The molecule has 0 aromatic heterocycles. The third-order valence-corrected chi connectivity index (χ3v) is 2.38. The van der Waals surface area contributed by atoms with E-state index in [1.807, 2.05) is 20.8 Å². The number of carbonyl (C=O) groups is 1. The zero-order valence-electron chi connectivity index (χ0n) is 10.4. The summed E-state index contributed by atoms with van der Waals surface area (Å²) in [6.45, 7) is 7.65. The molecular weight excluding hydrogens is 208 g/mol. The molecule has 1 aliphatic rings. The number of aliphatic hydroxyl groups excluding tert-OH is 1. The van der Waals surface area contributed by atoms with E-state index in [0.717, 1.165) is 6.42 Å². The lowest BCUT2D eigenvalue weighted by Gasteiger charge is -2.38. The maximum atomic E-state index is 11.7. The minimum absolute atomic E-state index is 0.104. The number of hydrogen-bond acceptors (Lipinski definition) is 4. The first-order chi connectivity index (χ1) is 7.28. The molecule has 1 aliphatic heterocycles. The van der Waals surface area contributed by atoms with Gasteiger partial charge in [0, 0.05) is 12.0 Å². The van der Waals surface area contributed by atoms with Crippen molar-refractivity contribution in [2.75, 3.05) is 13.2 Å². The molecule has 1 N–H and O–H groups in total. The quantitative estimate of drug-likeness (QED) is 0.586. The van der Waals surface area contributed by atoms with Crippen LogP contribution in [0, 0.1) is 0 Å². The van der Waals surface area contributed by atoms with Crippen LogP contribution >= 0.6 is 0 Å². The van der Waals surface area contributed by atoms with Crippen molar-refractivity contribution in [1.29, 1.82) is 0 Å². The Morgan fingerprint density at radius 2 is 2.12 bits per heavy atom. The Bertz CT molecular complexity index is 289. The second-order valence-electron chi connectivity index (χ2n) is 5.15. The van der Waals surface area contributed by atoms with Gasteiger partial charge in [0.2, 0.25) is 0 Å². The highest BCUT2D eigenvalue weighted by Crippen LogP contribution is 2.29. The van der Waals surface area contributed by atoms with E-state index < -0.39 is 11.2 Å². The standard InChI is InChI=1S/C12H20O4/c1-9(10(14)16-11(2,3)4)7-12(8-13)5-6-15-12/h7,13H,5-6,8H2,1-4H3/b9-7+. The topological polar surface area (TPSA) is 55.8 Å². The molecule has 1 unspecified atom stereocenters. The van der Waals surface area contributed by atoms with Gasteiger partial charge in [0.25, 0.3) is 0 Å². The molecular formula is C12H20O4. The summed E-state index contributed by atoms with van der Waals surface area (Å²) in [6, 6.07) is 0. The molecule has 1 heterocycles. The van der Waals surface area contributed by atoms with Gasteiger partial charge in [0.15, 0.2) is 0 Å². The summed E-state index contributed by atoms with van der Waals surface area (Å²) in [4.78, 5) is 11.7. The summed E-state index contributed by atoms with van der Waals surface area (Å²) in [5.74, 6) is -0.365. The lowest BCUT2D eigenvalue weighted by atomic mass is 9.93. The van der Waals surface area contributed by atoms with Gasteiger partial charge in [-0.15, -0.1) is 0 Å². The van der Waals surface area contributed by atoms with Crippen LogP contribution in [0.3, 0.4) is 0 Å². The summed E-state index contributed by atoms with van der Waals surface area (Å²) >= 11 is 0. The molecule has 0 saturated carbocycles. The molecule has 1 atom stereocenters. The third-order valence-electron chi connectivity index (χ3n) is 2.38. The van der Waals surface area contributed by atoms with E-state index in [1.165, 1.54) is 0 Å². The second-order valence-corrected chi connectivity index (χ2v) is 5.15. The lowest BCUT2D eigenvalue weighted by molar-refractivity contribution is -0.152. The first kappa shape index (κ1) is 13.2. The molecule has 0 amide bonds. The van der Waals surface area contributed by atoms with Gasteiger partial charge in [-0.05, 0) is 33.8 Å². The Labute approximate surface area is 96.2 Å². The molecule has 1 rings (SSSR count). The van der Waals surface area contributed by atoms with Crippen molar-refractivity contribution in [2.45, 2.75) is 45.3 Å². The van der Waals surface area contributed by atoms with E-state index in [1.54, 1.807) is 13.0 Å². The Hall–Kier alpha value is -0.870. The van der Waals surface area contributed by atoms with E-state index in [0.29, 0.717) is 12.2 Å². The van der Waals surface area contributed by atoms with Crippen LogP contribution in [0.5, 0.6) is 0 Å². The smallest absolute Gasteiger partial charge is 0.334 e. The van der Waals surface area contributed by atoms with Gasteiger partial charge < -0.3 is 14.6 Å². The highest BCUT2D eigenvalue weighted by atomic mass is 16.6. The van der Waals surface area contributed by atoms with Crippen LogP contribution in [0.25, 0.3) is 0 Å². The molecule has 16 heavy (non-hydrogen) atoms. The van der Waals surface area contributed by atoms with E-state index in [2.05, 4.69) is 0 Å². The van der Waals surface area contributed by atoms with Gasteiger partial charge >= 0.3 is 5.97 Å². The number of hydrogen-bond donors (Lipinski definition) is 1. The first-order valence-corrected chi connectivity index (χ1v) is 5.46. The van der Waals surface area contributed by atoms with Crippen molar-refractivity contribution in [3.05, 3.63) is 11.6 Å². The summed E-state index contributed by atoms with van der Waals surface area (Å²) < 4.78 is 10.5. The van der Waals surface area contributed by atoms with Crippen LogP contribution in [-0.2, 0) is 14.3 Å². The SMILES string of the molecule is C/C(=C\C1(CO)CCO1)C(=O)OC(C)(C)C. The van der Waals surface area contributed by atoms with Crippen LogP contribution in [-0.4, -0.2) is 35.5 Å². The molecule has 1 saturated heterocycles. The predicted octanol–water partition coefficient (Wildman–Crippen LogP) is 1.43. The van der Waals surface area contributed by atoms with Crippen LogP contribution in [0.15, 0.2) is 11.6 Å². The zero-order valence-corrected chi connectivity index (χ0v) is 10.4. The molecule has 0 radical (unpaired) electrons. The van der Waals surface area contributed by atoms with Crippen molar-refractivity contribution in [3.8, 4) is 0 Å². The first-order valence-electron chi connectivity index (χ1n) is 5.46. The van der Waals surface area contributed by atoms with Crippen LogP contribution < -0.4 is 0 Å². The minimum Gasteiger partial charge on any atom is -0.457 e. The van der Waals surface area contributed by atoms with E-state index >= 15 is 0 Å². The number of aliphatic hydroxyl groups is 1. The zero-order chi connectivity index (χ0) is 12.4. The fourth-order valence-electron chi connectivity index (χ4n) is 1.46. The average molecular weight is 228 g/mol. The Morgan fingerprint density at radius 1 is 1.56 bits per heavy atom. The Kier molecular flexibility index (Phi) is 3.76. The molecule has 4 nitrogen and oxygen atoms in total. The average Bonchev–Trinajstić information content (AvgIpc) is 2.08. The molecule has 1 fully saturated rings. The van der Waals surface area contributed by atoms with Crippen molar-refractivity contribution in [1.82, 2.24) is 0 Å². The van der Waals surface area contributed by atoms with Crippen molar-refractivity contribution < 1.29 is 19.4 Å². The van der Waals surface area contributed by atoms with Crippen molar-refractivity contribution in [2.24, 2.45) is 0 Å². The van der Waals surface area contributed by atoms with Crippen LogP contribution in [0.4, 0.5) is 0 Å². The van der Waals surface area contributed by atoms with Gasteiger partial charge in [-0.25, -0.2) is 4.79 Å². The van der Waals surface area contributed by atoms with E-state index in [4.69, 9.17) is 9.47 Å². The largest absolute Gasteiger partial charge is 0.457 e. The maximum absolute atomic E-state index is 11.7. The van der Waals surface area contributed by atoms with Gasteiger partial charge in [0.05, 0.1) is 13.2 Å². The normalized spacial score (nSPS) is 26.2. The third kappa shape index (κ3) is 3.32. The maximum Gasteiger partial charge on any atom is 0.334 e. The van der Waals surface area contributed by atoms with Gasteiger partial charge in [-0.3, -0.25) is 0 Å². The number of rotatable bonds is 3. The Morgan fingerprint density at radius 3 is 2.44 bits per heavy atom. The fraction of sp³-hybridized carbons (Fsp3) is 0.750. The fourth-order valence-corrected chi connectivity index (χ4v) is 1.46. The molecule has 0 bridgehead atoms.